The standard InChI is InChI=1S/C12H22N2/c1-5-7-14-8-6-12(9-14)11(4)13-10(2)3/h6,8-11,13H,5,7H2,1-4H3/t11-/m1/s1. The van der Waals surface area contributed by atoms with Crippen molar-refractivity contribution < 1.29 is 0 Å². The van der Waals surface area contributed by atoms with E-state index in [-0.39, 0.29) is 0 Å². The van der Waals surface area contributed by atoms with Crippen molar-refractivity contribution in [2.24, 2.45) is 0 Å². The molecule has 1 rings (SSSR count). The van der Waals surface area contributed by atoms with Crippen molar-refractivity contribution in [2.75, 3.05) is 0 Å². The van der Waals surface area contributed by atoms with Gasteiger partial charge in [-0.25, -0.2) is 0 Å². The summed E-state index contributed by atoms with van der Waals surface area (Å²) in [6.07, 6.45) is 5.60. The fourth-order valence-electron chi connectivity index (χ4n) is 1.71. The minimum Gasteiger partial charge on any atom is -0.354 e. The van der Waals surface area contributed by atoms with Gasteiger partial charge >= 0.3 is 0 Å². The predicted molar refractivity (Wildman–Crippen MR) is 61.4 cm³/mol. The molecule has 1 aromatic rings. The van der Waals surface area contributed by atoms with E-state index in [1.54, 1.807) is 0 Å². The van der Waals surface area contributed by atoms with E-state index in [1.807, 2.05) is 0 Å². The van der Waals surface area contributed by atoms with Crippen LogP contribution in [0.15, 0.2) is 18.5 Å². The molecule has 0 fully saturated rings. The van der Waals surface area contributed by atoms with Crippen LogP contribution in [0.1, 0.15) is 45.7 Å². The van der Waals surface area contributed by atoms with Gasteiger partial charge in [-0.1, -0.05) is 20.8 Å². The topological polar surface area (TPSA) is 17.0 Å². The van der Waals surface area contributed by atoms with Crippen LogP contribution in [0.3, 0.4) is 0 Å². The maximum Gasteiger partial charge on any atom is 0.0309 e. The molecule has 14 heavy (non-hydrogen) atoms. The lowest BCUT2D eigenvalue weighted by Crippen LogP contribution is -2.25. The zero-order valence-corrected chi connectivity index (χ0v) is 9.75. The van der Waals surface area contributed by atoms with Gasteiger partial charge in [0.05, 0.1) is 0 Å². The first-order chi connectivity index (χ1) is 6.63. The highest BCUT2D eigenvalue weighted by Crippen LogP contribution is 2.13. The third kappa shape index (κ3) is 3.18. The van der Waals surface area contributed by atoms with Crippen LogP contribution in [0.2, 0.25) is 0 Å². The quantitative estimate of drug-likeness (QED) is 0.762. The second kappa shape index (κ2) is 5.20. The minimum atomic E-state index is 0.452. The summed E-state index contributed by atoms with van der Waals surface area (Å²) in [6, 6.07) is 3.20. The largest absolute Gasteiger partial charge is 0.354 e. The van der Waals surface area contributed by atoms with Crippen LogP contribution >= 0.6 is 0 Å². The molecule has 0 unspecified atom stereocenters. The number of aryl methyl sites for hydroxylation is 1. The molecule has 0 aromatic carbocycles. The molecule has 0 radical (unpaired) electrons. The average Bonchev–Trinajstić information content (AvgIpc) is 2.52. The van der Waals surface area contributed by atoms with E-state index in [0.717, 1.165) is 6.54 Å². The van der Waals surface area contributed by atoms with Crippen LogP contribution in [-0.4, -0.2) is 10.6 Å². The maximum absolute atomic E-state index is 3.50. The van der Waals surface area contributed by atoms with E-state index < -0.39 is 0 Å². The van der Waals surface area contributed by atoms with Gasteiger partial charge in [-0.2, -0.15) is 0 Å². The second-order valence-corrected chi connectivity index (χ2v) is 4.23. The number of aromatic nitrogens is 1. The molecule has 0 amide bonds. The SMILES string of the molecule is CCCn1ccc([C@@H](C)NC(C)C)c1. The van der Waals surface area contributed by atoms with E-state index in [9.17, 15) is 0 Å². The first-order valence-electron chi connectivity index (χ1n) is 5.55. The molecule has 1 atom stereocenters. The molecule has 0 saturated heterocycles. The lowest BCUT2D eigenvalue weighted by atomic mass is 10.1. The highest BCUT2D eigenvalue weighted by molar-refractivity contribution is 5.14. The summed E-state index contributed by atoms with van der Waals surface area (Å²) in [5.74, 6) is 0. The van der Waals surface area contributed by atoms with Gasteiger partial charge in [0.2, 0.25) is 0 Å². The Labute approximate surface area is 87.3 Å². The number of nitrogens with zero attached hydrogens (tertiary/aromatic N) is 1. The Morgan fingerprint density at radius 3 is 2.64 bits per heavy atom. The van der Waals surface area contributed by atoms with Crippen LogP contribution in [-0.2, 0) is 6.54 Å². The van der Waals surface area contributed by atoms with Crippen molar-refractivity contribution in [2.45, 2.75) is 52.7 Å². The Kier molecular flexibility index (Phi) is 4.21. The number of rotatable bonds is 5. The molecule has 0 spiro atoms. The summed E-state index contributed by atoms with van der Waals surface area (Å²) >= 11 is 0. The van der Waals surface area contributed by atoms with E-state index in [4.69, 9.17) is 0 Å². The normalized spacial score (nSPS) is 13.5. The summed E-state index contributed by atoms with van der Waals surface area (Å²) in [5, 5.41) is 3.50. The first-order valence-corrected chi connectivity index (χ1v) is 5.55. The fourth-order valence-corrected chi connectivity index (χ4v) is 1.71. The third-order valence-corrected chi connectivity index (χ3v) is 2.34. The number of hydrogen-bond acceptors (Lipinski definition) is 1. The van der Waals surface area contributed by atoms with E-state index >= 15 is 0 Å². The average molecular weight is 194 g/mol. The molecule has 0 saturated carbocycles. The van der Waals surface area contributed by atoms with Gasteiger partial charge in [0.1, 0.15) is 0 Å². The Balaban J connectivity index is 2.57. The van der Waals surface area contributed by atoms with Gasteiger partial charge < -0.3 is 9.88 Å². The Hall–Kier alpha value is -0.760. The molecule has 0 aliphatic rings. The van der Waals surface area contributed by atoms with Crippen LogP contribution in [0.25, 0.3) is 0 Å². The Bertz CT molecular complexity index is 263. The van der Waals surface area contributed by atoms with Crippen molar-refractivity contribution in [1.29, 1.82) is 0 Å². The molecule has 2 nitrogen and oxygen atoms in total. The summed E-state index contributed by atoms with van der Waals surface area (Å²) in [4.78, 5) is 0. The van der Waals surface area contributed by atoms with Crippen molar-refractivity contribution in [3.05, 3.63) is 24.0 Å². The van der Waals surface area contributed by atoms with E-state index in [0.29, 0.717) is 12.1 Å². The molecule has 0 bridgehead atoms. The minimum absolute atomic E-state index is 0.452. The molecule has 0 aliphatic carbocycles. The molecular weight excluding hydrogens is 172 g/mol. The molecule has 0 aliphatic heterocycles. The van der Waals surface area contributed by atoms with Crippen molar-refractivity contribution >= 4 is 0 Å². The fraction of sp³-hybridized carbons (Fsp3) is 0.667. The van der Waals surface area contributed by atoms with Crippen LogP contribution in [0.4, 0.5) is 0 Å². The van der Waals surface area contributed by atoms with Crippen LogP contribution in [0, 0.1) is 0 Å². The molecule has 1 heterocycles. The summed E-state index contributed by atoms with van der Waals surface area (Å²) < 4.78 is 2.26. The van der Waals surface area contributed by atoms with Gasteiger partial charge in [-0.3, -0.25) is 0 Å². The monoisotopic (exact) mass is 194 g/mol. The Morgan fingerprint density at radius 1 is 1.36 bits per heavy atom. The van der Waals surface area contributed by atoms with Crippen LogP contribution in [0.5, 0.6) is 0 Å². The zero-order valence-electron chi connectivity index (χ0n) is 9.75. The molecule has 2 heteroatoms. The third-order valence-electron chi connectivity index (χ3n) is 2.34. The summed E-state index contributed by atoms with van der Waals surface area (Å²) in [5.41, 5.74) is 1.38. The molecular formula is C12H22N2. The second-order valence-electron chi connectivity index (χ2n) is 4.23. The van der Waals surface area contributed by atoms with Crippen molar-refractivity contribution in [3.63, 3.8) is 0 Å². The molecule has 1 N–H and O–H groups in total. The smallest absolute Gasteiger partial charge is 0.0309 e. The van der Waals surface area contributed by atoms with Gasteiger partial charge in [0.25, 0.3) is 0 Å². The highest BCUT2D eigenvalue weighted by atomic mass is 15.0. The van der Waals surface area contributed by atoms with Crippen molar-refractivity contribution in [1.82, 2.24) is 9.88 Å². The Morgan fingerprint density at radius 2 is 2.07 bits per heavy atom. The van der Waals surface area contributed by atoms with Gasteiger partial charge in [-0.05, 0) is 25.0 Å². The summed E-state index contributed by atoms with van der Waals surface area (Å²) in [6.45, 7) is 9.90. The maximum atomic E-state index is 3.50. The van der Waals surface area contributed by atoms with Crippen molar-refractivity contribution in [3.8, 4) is 0 Å². The number of hydrogen-bond donors (Lipinski definition) is 1. The van der Waals surface area contributed by atoms with E-state index in [1.165, 1.54) is 12.0 Å². The molecule has 80 valence electrons. The van der Waals surface area contributed by atoms with Gasteiger partial charge in [0, 0.05) is 31.0 Å². The van der Waals surface area contributed by atoms with Crippen LogP contribution < -0.4 is 5.32 Å². The van der Waals surface area contributed by atoms with Gasteiger partial charge in [0.15, 0.2) is 0 Å². The number of nitrogens with one attached hydrogen (secondary N) is 1. The van der Waals surface area contributed by atoms with E-state index in [2.05, 4.69) is 56.0 Å². The summed E-state index contributed by atoms with van der Waals surface area (Å²) in [7, 11) is 0. The van der Waals surface area contributed by atoms with Gasteiger partial charge in [-0.15, -0.1) is 0 Å². The lowest BCUT2D eigenvalue weighted by Gasteiger charge is -2.15. The first kappa shape index (κ1) is 11.3. The highest BCUT2D eigenvalue weighted by Gasteiger charge is 2.07. The molecule has 1 aromatic heterocycles. The predicted octanol–water partition coefficient (Wildman–Crippen LogP) is 2.96. The lowest BCUT2D eigenvalue weighted by molar-refractivity contribution is 0.505. The zero-order chi connectivity index (χ0) is 10.6.